The van der Waals surface area contributed by atoms with Gasteiger partial charge < -0.3 is 10.6 Å². The van der Waals surface area contributed by atoms with Gasteiger partial charge in [0.1, 0.15) is 5.51 Å². The fraction of sp³-hybridized carbons (Fsp3) is 0.778. The molecule has 4 nitrogen and oxygen atoms in total. The van der Waals surface area contributed by atoms with Crippen LogP contribution in [0, 0.1) is 5.92 Å². The lowest BCUT2D eigenvalue weighted by atomic mass is 9.96. The Morgan fingerprint density at radius 2 is 2.64 bits per heavy atom. The summed E-state index contributed by atoms with van der Waals surface area (Å²) in [6.07, 6.45) is 3.92. The first kappa shape index (κ1) is 9.86. The maximum absolute atomic E-state index is 3.94. The number of aromatic nitrogens is 2. The van der Waals surface area contributed by atoms with E-state index in [2.05, 4.69) is 20.8 Å². The molecule has 0 bridgehead atoms. The summed E-state index contributed by atoms with van der Waals surface area (Å²) in [6.45, 7) is 3.39. The minimum Gasteiger partial charge on any atom is -0.360 e. The average Bonchev–Trinajstić information content (AvgIpc) is 2.72. The van der Waals surface area contributed by atoms with Crippen molar-refractivity contribution in [2.75, 3.05) is 25.0 Å². The standard InChI is InChI=1S/C9H16N4S/c1-2-8(6-10-4-1)3-5-11-9-13-12-7-14-9/h7-8,10H,1-6H2,(H,11,13). The summed E-state index contributed by atoms with van der Waals surface area (Å²) in [4.78, 5) is 0. The topological polar surface area (TPSA) is 49.8 Å². The Kier molecular flexibility index (Phi) is 3.71. The third-order valence-electron chi connectivity index (χ3n) is 2.59. The van der Waals surface area contributed by atoms with E-state index in [1.54, 1.807) is 16.8 Å². The number of nitrogens with zero attached hydrogens (tertiary/aromatic N) is 2. The molecule has 5 heteroatoms. The second-order valence-corrected chi connectivity index (χ2v) is 4.50. The number of piperidine rings is 1. The first-order valence-corrected chi connectivity index (χ1v) is 6.04. The summed E-state index contributed by atoms with van der Waals surface area (Å²) in [6, 6.07) is 0. The third-order valence-corrected chi connectivity index (χ3v) is 3.24. The van der Waals surface area contributed by atoms with Gasteiger partial charge in [-0.15, -0.1) is 10.2 Å². The van der Waals surface area contributed by atoms with Crippen LogP contribution in [0.5, 0.6) is 0 Å². The molecule has 1 aromatic heterocycles. The molecule has 0 spiro atoms. The minimum absolute atomic E-state index is 0.837. The normalized spacial score (nSPS) is 22.1. The van der Waals surface area contributed by atoms with Gasteiger partial charge in [-0.25, -0.2) is 0 Å². The molecule has 1 fully saturated rings. The molecule has 0 aliphatic carbocycles. The van der Waals surface area contributed by atoms with Crippen molar-refractivity contribution < 1.29 is 0 Å². The number of nitrogens with one attached hydrogen (secondary N) is 2. The molecule has 2 heterocycles. The summed E-state index contributed by atoms with van der Waals surface area (Å²) in [5.41, 5.74) is 1.75. The molecule has 0 aromatic carbocycles. The fourth-order valence-electron chi connectivity index (χ4n) is 1.80. The molecule has 0 saturated carbocycles. The molecular weight excluding hydrogens is 196 g/mol. The summed E-state index contributed by atoms with van der Waals surface area (Å²) in [5.74, 6) is 0.837. The number of rotatable bonds is 4. The van der Waals surface area contributed by atoms with Gasteiger partial charge in [-0.05, 0) is 38.3 Å². The molecule has 0 amide bonds. The van der Waals surface area contributed by atoms with E-state index < -0.39 is 0 Å². The lowest BCUT2D eigenvalue weighted by Crippen LogP contribution is -2.30. The molecule has 78 valence electrons. The zero-order valence-corrected chi connectivity index (χ0v) is 9.02. The summed E-state index contributed by atoms with van der Waals surface area (Å²) >= 11 is 1.56. The second-order valence-electron chi connectivity index (χ2n) is 3.67. The largest absolute Gasteiger partial charge is 0.360 e. The van der Waals surface area contributed by atoms with E-state index in [-0.39, 0.29) is 0 Å². The number of anilines is 1. The highest BCUT2D eigenvalue weighted by Gasteiger charge is 2.12. The smallest absolute Gasteiger partial charge is 0.205 e. The molecule has 1 aromatic rings. The van der Waals surface area contributed by atoms with Crippen LogP contribution in [0.2, 0.25) is 0 Å². The van der Waals surface area contributed by atoms with E-state index in [0.29, 0.717) is 0 Å². The number of hydrogen-bond donors (Lipinski definition) is 2. The van der Waals surface area contributed by atoms with Gasteiger partial charge in [-0.1, -0.05) is 11.3 Å². The van der Waals surface area contributed by atoms with Crippen LogP contribution in [0.1, 0.15) is 19.3 Å². The highest BCUT2D eigenvalue weighted by Crippen LogP contribution is 2.14. The van der Waals surface area contributed by atoms with E-state index in [4.69, 9.17) is 0 Å². The van der Waals surface area contributed by atoms with Crippen LogP contribution in [0.3, 0.4) is 0 Å². The van der Waals surface area contributed by atoms with Crippen molar-refractivity contribution in [3.63, 3.8) is 0 Å². The van der Waals surface area contributed by atoms with Crippen LogP contribution in [0.15, 0.2) is 5.51 Å². The van der Waals surface area contributed by atoms with Gasteiger partial charge in [0, 0.05) is 6.54 Å². The van der Waals surface area contributed by atoms with Crippen LogP contribution in [-0.2, 0) is 0 Å². The molecule has 2 rings (SSSR count). The van der Waals surface area contributed by atoms with Crippen molar-refractivity contribution in [1.29, 1.82) is 0 Å². The SMILES string of the molecule is c1nnc(NCCC2CCCNC2)s1. The molecule has 1 saturated heterocycles. The van der Waals surface area contributed by atoms with Gasteiger partial charge in [0.15, 0.2) is 0 Å². The highest BCUT2D eigenvalue weighted by atomic mass is 32.1. The Bertz CT molecular complexity index is 243. The van der Waals surface area contributed by atoms with E-state index in [0.717, 1.165) is 17.6 Å². The summed E-state index contributed by atoms with van der Waals surface area (Å²) in [5, 5.41) is 15.4. The van der Waals surface area contributed by atoms with Gasteiger partial charge in [0.25, 0.3) is 0 Å². The molecular formula is C9H16N4S. The van der Waals surface area contributed by atoms with E-state index in [1.807, 2.05) is 0 Å². The second kappa shape index (κ2) is 5.26. The predicted octanol–water partition coefficient (Wildman–Crippen LogP) is 1.34. The molecule has 0 radical (unpaired) electrons. The Balaban J connectivity index is 1.62. The monoisotopic (exact) mass is 212 g/mol. The Morgan fingerprint density at radius 1 is 1.64 bits per heavy atom. The molecule has 1 atom stereocenters. The van der Waals surface area contributed by atoms with Gasteiger partial charge in [0.2, 0.25) is 5.13 Å². The zero-order chi connectivity index (χ0) is 9.64. The number of hydrogen-bond acceptors (Lipinski definition) is 5. The lowest BCUT2D eigenvalue weighted by Gasteiger charge is -2.22. The van der Waals surface area contributed by atoms with Gasteiger partial charge in [-0.3, -0.25) is 0 Å². The van der Waals surface area contributed by atoms with Gasteiger partial charge in [-0.2, -0.15) is 0 Å². The van der Waals surface area contributed by atoms with Crippen molar-refractivity contribution in [2.45, 2.75) is 19.3 Å². The first-order valence-electron chi connectivity index (χ1n) is 5.16. The van der Waals surface area contributed by atoms with Gasteiger partial charge in [0.05, 0.1) is 0 Å². The Hall–Kier alpha value is -0.680. The lowest BCUT2D eigenvalue weighted by molar-refractivity contribution is 0.364. The third kappa shape index (κ3) is 2.92. The molecule has 1 unspecified atom stereocenters. The van der Waals surface area contributed by atoms with Crippen molar-refractivity contribution in [1.82, 2.24) is 15.5 Å². The van der Waals surface area contributed by atoms with Crippen LogP contribution < -0.4 is 10.6 Å². The first-order chi connectivity index (χ1) is 6.95. The van der Waals surface area contributed by atoms with E-state index in [9.17, 15) is 0 Å². The van der Waals surface area contributed by atoms with Crippen molar-refractivity contribution in [2.24, 2.45) is 5.92 Å². The predicted molar refractivity (Wildman–Crippen MR) is 58.6 cm³/mol. The molecule has 1 aliphatic heterocycles. The zero-order valence-electron chi connectivity index (χ0n) is 8.20. The summed E-state index contributed by atoms with van der Waals surface area (Å²) < 4.78 is 0. The minimum atomic E-state index is 0.837. The Morgan fingerprint density at radius 3 is 3.36 bits per heavy atom. The summed E-state index contributed by atoms with van der Waals surface area (Å²) in [7, 11) is 0. The van der Waals surface area contributed by atoms with Crippen molar-refractivity contribution in [3.05, 3.63) is 5.51 Å². The van der Waals surface area contributed by atoms with Gasteiger partial charge >= 0.3 is 0 Å². The van der Waals surface area contributed by atoms with Crippen LogP contribution in [0.25, 0.3) is 0 Å². The van der Waals surface area contributed by atoms with Crippen molar-refractivity contribution >= 4 is 16.5 Å². The molecule has 14 heavy (non-hydrogen) atoms. The molecule has 2 N–H and O–H groups in total. The average molecular weight is 212 g/mol. The maximum atomic E-state index is 3.94. The van der Waals surface area contributed by atoms with E-state index in [1.165, 1.54) is 32.4 Å². The van der Waals surface area contributed by atoms with E-state index >= 15 is 0 Å². The van der Waals surface area contributed by atoms with Crippen molar-refractivity contribution in [3.8, 4) is 0 Å². The molecule has 1 aliphatic rings. The van der Waals surface area contributed by atoms with Crippen LogP contribution in [-0.4, -0.2) is 29.8 Å². The van der Waals surface area contributed by atoms with Crippen LogP contribution >= 0.6 is 11.3 Å². The fourth-order valence-corrected chi connectivity index (χ4v) is 2.28. The van der Waals surface area contributed by atoms with Crippen LogP contribution in [0.4, 0.5) is 5.13 Å². The highest BCUT2D eigenvalue weighted by molar-refractivity contribution is 7.13. The quantitative estimate of drug-likeness (QED) is 0.791. The maximum Gasteiger partial charge on any atom is 0.205 e. The Labute approximate surface area is 88.1 Å².